The van der Waals surface area contributed by atoms with Gasteiger partial charge in [-0.1, -0.05) is 26.0 Å². The molecule has 0 amide bonds. The predicted octanol–water partition coefficient (Wildman–Crippen LogP) is 5.15. The number of Topliss-reactive ketones (excluding diaryl/α,β-unsaturated/α-hetero) is 2. The first-order valence-electron chi connectivity index (χ1n) is 11.9. The lowest BCUT2D eigenvalue weighted by atomic mass is 9.46. The summed E-state index contributed by atoms with van der Waals surface area (Å²) in [5.74, 6) is 2.22. The normalized spacial score (nSPS) is 42.8. The van der Waals surface area contributed by atoms with Crippen LogP contribution >= 0.6 is 0 Å². The van der Waals surface area contributed by atoms with Crippen molar-refractivity contribution >= 4 is 17.5 Å². The predicted molar refractivity (Wildman–Crippen MR) is 116 cm³/mol. The van der Waals surface area contributed by atoms with Crippen molar-refractivity contribution in [3.05, 3.63) is 12.2 Å². The third-order valence-corrected chi connectivity index (χ3v) is 9.33. The van der Waals surface area contributed by atoms with Crippen molar-refractivity contribution in [3.8, 4) is 0 Å². The fraction of sp³-hybridized carbons (Fsp3) is 0.808. The summed E-state index contributed by atoms with van der Waals surface area (Å²) in [5.41, 5.74) is -0.371. The van der Waals surface area contributed by atoms with Crippen molar-refractivity contribution in [1.29, 1.82) is 0 Å². The highest BCUT2D eigenvalue weighted by Crippen LogP contribution is 2.65. The van der Waals surface area contributed by atoms with Gasteiger partial charge in [0.25, 0.3) is 0 Å². The Hall–Kier alpha value is -1.45. The number of carbonyl (C=O) groups is 3. The zero-order valence-corrected chi connectivity index (χ0v) is 19.3. The van der Waals surface area contributed by atoms with Gasteiger partial charge in [-0.15, -0.1) is 0 Å². The van der Waals surface area contributed by atoms with Gasteiger partial charge < -0.3 is 4.74 Å². The van der Waals surface area contributed by atoms with Crippen LogP contribution in [-0.2, 0) is 19.1 Å². The first-order chi connectivity index (χ1) is 14.0. The summed E-state index contributed by atoms with van der Waals surface area (Å²) in [7, 11) is 0. The second kappa shape index (κ2) is 7.31. The van der Waals surface area contributed by atoms with Gasteiger partial charge >= 0.3 is 5.97 Å². The van der Waals surface area contributed by atoms with Crippen LogP contribution in [0.5, 0.6) is 0 Å². The molecule has 4 heteroatoms. The molecule has 0 bridgehead atoms. The summed E-state index contributed by atoms with van der Waals surface area (Å²) in [6.07, 6.45) is 11.4. The lowest BCUT2D eigenvalue weighted by Gasteiger charge is -2.57. The maximum Gasteiger partial charge on any atom is 0.311 e. The van der Waals surface area contributed by atoms with Crippen LogP contribution in [0.4, 0.5) is 0 Å². The van der Waals surface area contributed by atoms with Crippen LogP contribution < -0.4 is 0 Å². The Labute approximate surface area is 181 Å². The largest absolute Gasteiger partial charge is 0.457 e. The number of ether oxygens (including phenoxy) is 1. The van der Waals surface area contributed by atoms with E-state index in [1.165, 1.54) is 0 Å². The van der Waals surface area contributed by atoms with E-state index in [4.69, 9.17) is 4.74 Å². The SMILES string of the molecule is CC(C)(C)C(=O)OCC(=O)[C@H]1CC[C@H]2[C@H]3C=C[C@H]4CC(=O)CC[C@]4(C)[C@H]3CC[C@]12C. The molecule has 0 aromatic carbocycles. The summed E-state index contributed by atoms with van der Waals surface area (Å²) in [4.78, 5) is 37.2. The first-order valence-corrected chi connectivity index (χ1v) is 11.9. The highest BCUT2D eigenvalue weighted by molar-refractivity contribution is 5.86. The van der Waals surface area contributed by atoms with E-state index in [0.29, 0.717) is 35.9 Å². The maximum absolute atomic E-state index is 13.1. The second-order valence-corrected chi connectivity index (χ2v) is 12.0. The van der Waals surface area contributed by atoms with E-state index >= 15 is 0 Å². The first kappa shape index (κ1) is 21.8. The molecule has 4 rings (SSSR count). The number of esters is 1. The van der Waals surface area contributed by atoms with Crippen LogP contribution in [0.25, 0.3) is 0 Å². The minimum Gasteiger partial charge on any atom is -0.457 e. The van der Waals surface area contributed by atoms with Crippen LogP contribution in [0, 0.1) is 45.8 Å². The average molecular weight is 415 g/mol. The van der Waals surface area contributed by atoms with E-state index in [1.807, 2.05) is 20.8 Å². The molecule has 3 saturated carbocycles. The Morgan fingerprint density at radius 3 is 2.43 bits per heavy atom. The van der Waals surface area contributed by atoms with Crippen molar-refractivity contribution < 1.29 is 19.1 Å². The zero-order valence-electron chi connectivity index (χ0n) is 19.3. The Bertz CT molecular complexity index is 774. The molecule has 166 valence electrons. The molecule has 3 fully saturated rings. The number of rotatable bonds is 3. The van der Waals surface area contributed by atoms with Gasteiger partial charge in [-0.25, -0.2) is 0 Å². The molecule has 0 unspecified atom stereocenters. The molecule has 30 heavy (non-hydrogen) atoms. The maximum atomic E-state index is 13.1. The van der Waals surface area contributed by atoms with E-state index in [2.05, 4.69) is 26.0 Å². The van der Waals surface area contributed by atoms with Gasteiger partial charge in [0.1, 0.15) is 12.4 Å². The molecular weight excluding hydrogens is 376 g/mol. The number of ketones is 2. The van der Waals surface area contributed by atoms with Gasteiger partial charge in [-0.05, 0) is 87.4 Å². The lowest BCUT2D eigenvalue weighted by molar-refractivity contribution is -0.158. The molecule has 0 saturated heterocycles. The molecule has 4 aliphatic rings. The third kappa shape index (κ3) is 3.39. The topological polar surface area (TPSA) is 60.4 Å². The Kier molecular flexibility index (Phi) is 5.30. The molecule has 4 aliphatic carbocycles. The van der Waals surface area contributed by atoms with E-state index in [-0.39, 0.29) is 35.1 Å². The summed E-state index contributed by atoms with van der Waals surface area (Å²) in [5, 5.41) is 0. The lowest BCUT2D eigenvalue weighted by Crippen LogP contribution is -2.52. The quantitative estimate of drug-likeness (QED) is 0.473. The number of hydrogen-bond donors (Lipinski definition) is 0. The molecule has 0 aliphatic heterocycles. The minimum absolute atomic E-state index is 0.00951. The van der Waals surface area contributed by atoms with Crippen LogP contribution in [0.1, 0.15) is 79.6 Å². The number of hydrogen-bond acceptors (Lipinski definition) is 4. The summed E-state index contributed by atoms with van der Waals surface area (Å²) in [6.45, 7) is 10.1. The van der Waals surface area contributed by atoms with Crippen molar-refractivity contribution in [1.82, 2.24) is 0 Å². The third-order valence-electron chi connectivity index (χ3n) is 9.33. The molecule has 0 aromatic heterocycles. The van der Waals surface area contributed by atoms with E-state index in [1.54, 1.807) is 0 Å². The molecule has 0 radical (unpaired) electrons. The van der Waals surface area contributed by atoms with Crippen LogP contribution in [0.15, 0.2) is 12.2 Å². The Morgan fingerprint density at radius 1 is 1.03 bits per heavy atom. The van der Waals surface area contributed by atoms with Crippen molar-refractivity contribution in [2.75, 3.05) is 6.61 Å². The molecule has 0 aromatic rings. The van der Waals surface area contributed by atoms with Gasteiger partial charge in [0.15, 0.2) is 5.78 Å². The number of fused-ring (bicyclic) bond motifs is 5. The molecule has 7 atom stereocenters. The van der Waals surface area contributed by atoms with Gasteiger partial charge in [0, 0.05) is 18.8 Å². The van der Waals surface area contributed by atoms with Gasteiger partial charge in [0.05, 0.1) is 5.41 Å². The summed E-state index contributed by atoms with van der Waals surface area (Å²) >= 11 is 0. The Balaban J connectivity index is 1.50. The van der Waals surface area contributed by atoms with Crippen molar-refractivity contribution in [2.45, 2.75) is 79.6 Å². The molecule has 4 nitrogen and oxygen atoms in total. The van der Waals surface area contributed by atoms with Crippen LogP contribution in [0.2, 0.25) is 0 Å². The fourth-order valence-electron chi connectivity index (χ4n) is 7.40. The van der Waals surface area contributed by atoms with E-state index in [9.17, 15) is 14.4 Å². The molecular formula is C26H38O4. The van der Waals surface area contributed by atoms with E-state index in [0.717, 1.165) is 38.5 Å². The Morgan fingerprint density at radius 2 is 1.73 bits per heavy atom. The monoisotopic (exact) mass is 414 g/mol. The average Bonchev–Trinajstić information content (AvgIpc) is 3.03. The second-order valence-electron chi connectivity index (χ2n) is 12.0. The van der Waals surface area contributed by atoms with Crippen molar-refractivity contribution in [2.24, 2.45) is 45.8 Å². The summed E-state index contributed by atoms with van der Waals surface area (Å²) < 4.78 is 5.37. The standard InChI is InChI=1S/C26H38O4/c1-24(2,3)23(29)30-15-22(28)21-9-8-19-18-7-6-16-14-17(27)10-12-25(16,4)20(18)11-13-26(19,21)5/h6-7,16,18-21H,8-15H2,1-5H3/t16-,18+,19-,20-,21+,25-,26-/m0/s1. The van der Waals surface area contributed by atoms with Gasteiger partial charge in [0.2, 0.25) is 0 Å². The highest BCUT2D eigenvalue weighted by atomic mass is 16.5. The van der Waals surface area contributed by atoms with Crippen LogP contribution in [-0.4, -0.2) is 24.1 Å². The number of carbonyl (C=O) groups excluding carboxylic acids is 3. The number of allylic oxidation sites excluding steroid dienone is 2. The molecule has 0 spiro atoms. The summed E-state index contributed by atoms with van der Waals surface area (Å²) in [6, 6.07) is 0. The van der Waals surface area contributed by atoms with Crippen LogP contribution in [0.3, 0.4) is 0 Å². The van der Waals surface area contributed by atoms with Gasteiger partial charge in [-0.2, -0.15) is 0 Å². The smallest absolute Gasteiger partial charge is 0.311 e. The van der Waals surface area contributed by atoms with E-state index < -0.39 is 5.41 Å². The molecule has 0 N–H and O–H groups in total. The highest BCUT2D eigenvalue weighted by Gasteiger charge is 2.60. The zero-order chi connectivity index (χ0) is 21.9. The molecule has 0 heterocycles. The fourth-order valence-corrected chi connectivity index (χ4v) is 7.40. The minimum atomic E-state index is -0.583. The van der Waals surface area contributed by atoms with Crippen molar-refractivity contribution in [3.63, 3.8) is 0 Å². The van der Waals surface area contributed by atoms with Gasteiger partial charge in [-0.3, -0.25) is 14.4 Å².